The van der Waals surface area contributed by atoms with Gasteiger partial charge in [-0.1, -0.05) is 36.4 Å². The molecule has 0 bridgehead atoms. The molecule has 0 spiro atoms. The number of aromatic nitrogens is 2. The van der Waals surface area contributed by atoms with Crippen molar-refractivity contribution in [2.45, 2.75) is 13.0 Å². The summed E-state index contributed by atoms with van der Waals surface area (Å²) in [5.74, 6) is 0.321. The third-order valence-electron chi connectivity index (χ3n) is 4.23. The third-order valence-corrected chi connectivity index (χ3v) is 4.23. The van der Waals surface area contributed by atoms with Crippen LogP contribution in [0.15, 0.2) is 60.9 Å². The van der Waals surface area contributed by atoms with Crippen LogP contribution in [0.3, 0.4) is 0 Å². The van der Waals surface area contributed by atoms with Gasteiger partial charge in [-0.2, -0.15) is 0 Å². The molecule has 1 atom stereocenters. The fourth-order valence-electron chi connectivity index (χ4n) is 2.83. The number of nitro groups is 1. The van der Waals surface area contributed by atoms with Gasteiger partial charge in [0.2, 0.25) is 0 Å². The number of nitrogens with one attached hydrogen (secondary N) is 1. The van der Waals surface area contributed by atoms with Crippen LogP contribution in [0.5, 0.6) is 5.75 Å². The van der Waals surface area contributed by atoms with E-state index in [-0.39, 0.29) is 18.0 Å². The van der Waals surface area contributed by atoms with Crippen molar-refractivity contribution in [2.24, 2.45) is 7.05 Å². The van der Waals surface area contributed by atoms with E-state index in [4.69, 9.17) is 4.74 Å². The van der Waals surface area contributed by atoms with Crippen LogP contribution in [0.2, 0.25) is 0 Å². The van der Waals surface area contributed by atoms with Crippen molar-refractivity contribution in [3.05, 3.63) is 88.0 Å². The maximum atomic E-state index is 12.5. The highest BCUT2D eigenvalue weighted by Crippen LogP contribution is 2.27. The number of benzene rings is 2. The number of nitro benzene ring substituents is 1. The van der Waals surface area contributed by atoms with Gasteiger partial charge in [0.05, 0.1) is 4.92 Å². The topological polar surface area (TPSA) is 99.3 Å². The Hall–Kier alpha value is -3.68. The summed E-state index contributed by atoms with van der Waals surface area (Å²) in [5, 5.41) is 14.0. The van der Waals surface area contributed by atoms with E-state index in [9.17, 15) is 14.9 Å². The summed E-state index contributed by atoms with van der Waals surface area (Å²) in [7, 11) is 1.84. The maximum Gasteiger partial charge on any atom is 0.310 e. The molecule has 0 aliphatic rings. The van der Waals surface area contributed by atoms with Gasteiger partial charge in [0, 0.05) is 25.5 Å². The minimum Gasteiger partial charge on any atom is -0.477 e. The number of amides is 1. The maximum absolute atomic E-state index is 12.5. The molecule has 0 saturated heterocycles. The Bertz CT molecular complexity index is 985. The van der Waals surface area contributed by atoms with E-state index in [1.807, 2.05) is 41.9 Å². The zero-order valence-corrected chi connectivity index (χ0v) is 15.5. The third kappa shape index (κ3) is 4.35. The first kappa shape index (κ1) is 19.1. The minimum atomic E-state index is -0.534. The van der Waals surface area contributed by atoms with Gasteiger partial charge in [-0.15, -0.1) is 0 Å². The molecule has 2 aromatic carbocycles. The Morgan fingerprint density at radius 1 is 1.29 bits per heavy atom. The summed E-state index contributed by atoms with van der Waals surface area (Å²) in [6.45, 7) is 1.45. The Balaban J connectivity index is 1.76. The molecule has 8 nitrogen and oxygen atoms in total. The molecule has 144 valence electrons. The van der Waals surface area contributed by atoms with Crippen molar-refractivity contribution in [1.29, 1.82) is 0 Å². The average molecular weight is 380 g/mol. The van der Waals surface area contributed by atoms with E-state index < -0.39 is 16.9 Å². The van der Waals surface area contributed by atoms with Crippen molar-refractivity contribution in [3.63, 3.8) is 0 Å². The summed E-state index contributed by atoms with van der Waals surface area (Å²) in [6.07, 6.45) is 3.45. The van der Waals surface area contributed by atoms with Gasteiger partial charge in [-0.05, 0) is 24.1 Å². The molecule has 0 saturated carbocycles. The largest absolute Gasteiger partial charge is 0.477 e. The fraction of sp³-hybridized carbons (Fsp3) is 0.200. The highest BCUT2D eigenvalue weighted by molar-refractivity contribution is 5.78. The zero-order chi connectivity index (χ0) is 20.1. The molecule has 0 aliphatic heterocycles. The van der Waals surface area contributed by atoms with E-state index in [1.165, 1.54) is 6.07 Å². The number of ether oxygens (including phenoxy) is 1. The SMILES string of the molecule is Cc1ccc([N+](=O)[O-])c(OCC(=O)N[C@@H](c2ccccc2)c2nccn2C)c1. The normalized spacial score (nSPS) is 11.6. The van der Waals surface area contributed by atoms with Gasteiger partial charge in [-0.3, -0.25) is 14.9 Å². The van der Waals surface area contributed by atoms with Crippen molar-refractivity contribution in [3.8, 4) is 5.75 Å². The van der Waals surface area contributed by atoms with Gasteiger partial charge in [0.15, 0.2) is 12.4 Å². The van der Waals surface area contributed by atoms with Crippen LogP contribution in [0.25, 0.3) is 0 Å². The lowest BCUT2D eigenvalue weighted by Gasteiger charge is -2.19. The standard InChI is InChI=1S/C20H20N4O4/c1-14-8-9-16(24(26)27)17(12-14)28-13-18(25)22-19(15-6-4-3-5-7-15)20-21-10-11-23(20)2/h3-12,19H,13H2,1-2H3,(H,22,25)/t19-/m0/s1. The molecule has 1 heterocycles. The Kier molecular flexibility index (Phi) is 5.69. The molecular weight excluding hydrogens is 360 g/mol. The Labute approximate surface area is 161 Å². The molecule has 28 heavy (non-hydrogen) atoms. The zero-order valence-electron chi connectivity index (χ0n) is 15.5. The number of aryl methyl sites for hydroxylation is 2. The van der Waals surface area contributed by atoms with Crippen LogP contribution in [-0.2, 0) is 11.8 Å². The number of hydrogen-bond donors (Lipinski definition) is 1. The monoisotopic (exact) mass is 380 g/mol. The second kappa shape index (κ2) is 8.34. The van der Waals surface area contributed by atoms with Gasteiger partial charge in [0.1, 0.15) is 11.9 Å². The molecule has 1 amide bonds. The van der Waals surface area contributed by atoms with Crippen LogP contribution >= 0.6 is 0 Å². The first-order valence-electron chi connectivity index (χ1n) is 8.65. The van der Waals surface area contributed by atoms with Crippen molar-refractivity contribution in [2.75, 3.05) is 6.61 Å². The van der Waals surface area contributed by atoms with Gasteiger partial charge in [-0.25, -0.2) is 4.98 Å². The van der Waals surface area contributed by atoms with E-state index >= 15 is 0 Å². The second-order valence-corrected chi connectivity index (χ2v) is 6.32. The van der Waals surface area contributed by atoms with Crippen molar-refractivity contribution in [1.82, 2.24) is 14.9 Å². The molecule has 0 radical (unpaired) electrons. The van der Waals surface area contributed by atoms with Crippen molar-refractivity contribution < 1.29 is 14.5 Å². The molecule has 1 aromatic heterocycles. The molecule has 3 aromatic rings. The van der Waals surface area contributed by atoms with Crippen LogP contribution < -0.4 is 10.1 Å². The molecule has 1 N–H and O–H groups in total. The lowest BCUT2D eigenvalue weighted by Crippen LogP contribution is -2.34. The highest BCUT2D eigenvalue weighted by Gasteiger charge is 2.22. The van der Waals surface area contributed by atoms with Crippen LogP contribution in [-0.4, -0.2) is 27.0 Å². The lowest BCUT2D eigenvalue weighted by molar-refractivity contribution is -0.385. The van der Waals surface area contributed by atoms with Crippen molar-refractivity contribution >= 4 is 11.6 Å². The molecule has 0 aliphatic carbocycles. The van der Waals surface area contributed by atoms with Gasteiger partial charge in [0.25, 0.3) is 5.91 Å². The van der Waals surface area contributed by atoms with Crippen LogP contribution in [0, 0.1) is 17.0 Å². The number of imidazole rings is 1. The fourth-order valence-corrected chi connectivity index (χ4v) is 2.83. The molecule has 3 rings (SSSR count). The predicted octanol–water partition coefficient (Wildman–Crippen LogP) is 2.92. The molecule has 8 heteroatoms. The smallest absolute Gasteiger partial charge is 0.310 e. The first-order valence-corrected chi connectivity index (χ1v) is 8.65. The van der Waals surface area contributed by atoms with E-state index in [0.29, 0.717) is 5.82 Å². The summed E-state index contributed by atoms with van der Waals surface area (Å²) in [5.41, 5.74) is 1.49. The minimum absolute atomic E-state index is 0.0633. The molecule has 0 unspecified atom stereocenters. The predicted molar refractivity (Wildman–Crippen MR) is 103 cm³/mol. The number of rotatable bonds is 7. The second-order valence-electron chi connectivity index (χ2n) is 6.32. The van der Waals surface area contributed by atoms with Crippen LogP contribution in [0.1, 0.15) is 23.0 Å². The number of carbonyl (C=O) groups is 1. The van der Waals surface area contributed by atoms with Gasteiger partial charge < -0.3 is 14.6 Å². The van der Waals surface area contributed by atoms with Gasteiger partial charge >= 0.3 is 5.69 Å². The van der Waals surface area contributed by atoms with Crippen LogP contribution in [0.4, 0.5) is 5.69 Å². The Morgan fingerprint density at radius 2 is 2.04 bits per heavy atom. The molecular formula is C20H20N4O4. The number of hydrogen-bond acceptors (Lipinski definition) is 5. The summed E-state index contributed by atoms with van der Waals surface area (Å²) in [6, 6.07) is 13.5. The molecule has 0 fully saturated rings. The first-order chi connectivity index (χ1) is 13.5. The summed E-state index contributed by atoms with van der Waals surface area (Å²) >= 11 is 0. The average Bonchev–Trinajstić information content (AvgIpc) is 3.10. The highest BCUT2D eigenvalue weighted by atomic mass is 16.6. The van der Waals surface area contributed by atoms with E-state index in [1.54, 1.807) is 31.5 Å². The quantitative estimate of drug-likeness (QED) is 0.502. The lowest BCUT2D eigenvalue weighted by atomic mass is 10.1. The summed E-state index contributed by atoms with van der Waals surface area (Å²) < 4.78 is 7.27. The number of nitrogens with zero attached hydrogens (tertiary/aromatic N) is 3. The summed E-state index contributed by atoms with van der Waals surface area (Å²) in [4.78, 5) is 27.5. The number of carbonyl (C=O) groups excluding carboxylic acids is 1. The van der Waals surface area contributed by atoms with E-state index in [0.717, 1.165) is 11.1 Å². The Morgan fingerprint density at radius 3 is 2.68 bits per heavy atom. The van der Waals surface area contributed by atoms with E-state index in [2.05, 4.69) is 10.3 Å².